The normalized spacial score (nSPS) is 14.8. The molecule has 25 heavy (non-hydrogen) atoms. The van der Waals surface area contributed by atoms with Crippen molar-refractivity contribution in [3.63, 3.8) is 0 Å². The summed E-state index contributed by atoms with van der Waals surface area (Å²) in [5.74, 6) is 0.475. The van der Waals surface area contributed by atoms with E-state index in [1.807, 2.05) is 28.9 Å². The second-order valence-electron chi connectivity index (χ2n) is 6.37. The van der Waals surface area contributed by atoms with Gasteiger partial charge < -0.3 is 9.72 Å². The lowest BCUT2D eigenvalue weighted by molar-refractivity contribution is 0.602. The number of rotatable bonds is 5. The predicted octanol–water partition coefficient (Wildman–Crippen LogP) is 3.38. The molecule has 1 aliphatic rings. The predicted molar refractivity (Wildman–Crippen MR) is 99.5 cm³/mol. The third-order valence-corrected chi connectivity index (χ3v) is 5.77. The molecule has 0 amide bonds. The number of aromatic nitrogens is 3. The van der Waals surface area contributed by atoms with Crippen LogP contribution in [0.25, 0.3) is 5.65 Å². The minimum absolute atomic E-state index is 0.301. The zero-order valence-electron chi connectivity index (χ0n) is 13.6. The number of pyridine rings is 2. The summed E-state index contributed by atoms with van der Waals surface area (Å²) in [6.07, 6.45) is 9.07. The Bertz CT molecular complexity index is 1060. The maximum absolute atomic E-state index is 12.2. The molecule has 4 rings (SSSR count). The van der Waals surface area contributed by atoms with Crippen LogP contribution in [0.3, 0.4) is 0 Å². The van der Waals surface area contributed by atoms with Gasteiger partial charge in [-0.1, -0.05) is 0 Å². The van der Waals surface area contributed by atoms with E-state index in [1.165, 1.54) is 6.26 Å². The first kappa shape index (κ1) is 16.5. The van der Waals surface area contributed by atoms with E-state index in [9.17, 15) is 8.42 Å². The molecule has 3 heterocycles. The second kappa shape index (κ2) is 6.10. The van der Waals surface area contributed by atoms with Gasteiger partial charge in [0, 0.05) is 30.5 Å². The zero-order valence-corrected chi connectivity index (χ0v) is 16.0. The Labute approximate surface area is 154 Å². The average Bonchev–Trinajstić information content (AvgIpc) is 3.31. The fraction of sp³-hybridized carbons (Fsp3) is 0.294. The van der Waals surface area contributed by atoms with Gasteiger partial charge in [-0.2, -0.15) is 0 Å². The van der Waals surface area contributed by atoms with Crippen LogP contribution in [-0.2, 0) is 16.4 Å². The quantitative estimate of drug-likeness (QED) is 0.640. The summed E-state index contributed by atoms with van der Waals surface area (Å²) in [7, 11) is -3.34. The first-order chi connectivity index (χ1) is 11.9. The molecule has 0 bridgehead atoms. The molecule has 0 unspecified atom stereocenters. The Hall–Kier alpha value is -1.93. The van der Waals surface area contributed by atoms with Crippen LogP contribution in [0.4, 0.5) is 5.69 Å². The fourth-order valence-corrected chi connectivity index (χ4v) is 4.04. The number of anilines is 1. The summed E-state index contributed by atoms with van der Waals surface area (Å²) in [6, 6.07) is 5.53. The van der Waals surface area contributed by atoms with Crippen LogP contribution < -0.4 is 5.32 Å². The van der Waals surface area contributed by atoms with Crippen LogP contribution >= 0.6 is 15.9 Å². The van der Waals surface area contributed by atoms with E-state index >= 15 is 0 Å². The van der Waals surface area contributed by atoms with Crippen molar-refractivity contribution in [3.05, 3.63) is 52.7 Å². The Balaban J connectivity index is 1.69. The molecule has 0 saturated heterocycles. The first-order valence-corrected chi connectivity index (χ1v) is 10.7. The molecule has 130 valence electrons. The molecule has 0 aliphatic heterocycles. The van der Waals surface area contributed by atoms with Gasteiger partial charge in [-0.25, -0.2) is 18.4 Å². The van der Waals surface area contributed by atoms with E-state index in [-0.39, 0.29) is 0 Å². The van der Waals surface area contributed by atoms with Crippen LogP contribution in [-0.4, -0.2) is 29.0 Å². The van der Waals surface area contributed by atoms with Crippen LogP contribution in [0, 0.1) is 0 Å². The summed E-state index contributed by atoms with van der Waals surface area (Å²) in [4.78, 5) is 8.92. The highest BCUT2D eigenvalue weighted by Crippen LogP contribution is 2.41. The molecule has 0 aromatic carbocycles. The van der Waals surface area contributed by atoms with Crippen molar-refractivity contribution in [2.75, 3.05) is 11.6 Å². The van der Waals surface area contributed by atoms with Crippen molar-refractivity contribution < 1.29 is 8.42 Å². The SMILES string of the molecule is CS(=O)(=O)c1cc(C2CC2)cn2cc(CNc3ccnc(Br)c3)nc12. The number of hydrogen-bond donors (Lipinski definition) is 1. The summed E-state index contributed by atoms with van der Waals surface area (Å²) >= 11 is 3.34. The summed E-state index contributed by atoms with van der Waals surface area (Å²) in [5.41, 5.74) is 3.26. The highest BCUT2D eigenvalue weighted by Gasteiger charge is 2.27. The van der Waals surface area contributed by atoms with E-state index in [0.717, 1.165) is 34.4 Å². The molecule has 1 aliphatic carbocycles. The minimum atomic E-state index is -3.34. The van der Waals surface area contributed by atoms with Crippen molar-refractivity contribution in [1.29, 1.82) is 0 Å². The highest BCUT2D eigenvalue weighted by atomic mass is 79.9. The maximum Gasteiger partial charge on any atom is 0.179 e. The van der Waals surface area contributed by atoms with Crippen LogP contribution in [0.5, 0.6) is 0 Å². The van der Waals surface area contributed by atoms with Gasteiger partial charge in [-0.05, 0) is 58.5 Å². The topological polar surface area (TPSA) is 76.4 Å². The third-order valence-electron chi connectivity index (χ3n) is 4.24. The number of hydrogen-bond acceptors (Lipinski definition) is 5. The van der Waals surface area contributed by atoms with E-state index in [0.29, 0.717) is 23.0 Å². The van der Waals surface area contributed by atoms with E-state index in [2.05, 4.69) is 31.2 Å². The average molecular weight is 421 g/mol. The highest BCUT2D eigenvalue weighted by molar-refractivity contribution is 9.10. The van der Waals surface area contributed by atoms with Crippen LogP contribution in [0.2, 0.25) is 0 Å². The van der Waals surface area contributed by atoms with E-state index in [1.54, 1.807) is 12.3 Å². The largest absolute Gasteiger partial charge is 0.379 e. The Kier molecular flexibility index (Phi) is 4.04. The van der Waals surface area contributed by atoms with Gasteiger partial charge in [-0.15, -0.1) is 0 Å². The molecule has 1 saturated carbocycles. The van der Waals surface area contributed by atoms with Gasteiger partial charge in [0.1, 0.15) is 9.50 Å². The Morgan fingerprint density at radius 3 is 2.80 bits per heavy atom. The summed E-state index contributed by atoms with van der Waals surface area (Å²) < 4.78 is 27.0. The van der Waals surface area contributed by atoms with E-state index in [4.69, 9.17) is 0 Å². The van der Waals surface area contributed by atoms with Crippen molar-refractivity contribution in [3.8, 4) is 0 Å². The molecule has 8 heteroatoms. The Morgan fingerprint density at radius 2 is 2.12 bits per heavy atom. The van der Waals surface area contributed by atoms with Crippen molar-refractivity contribution in [2.24, 2.45) is 0 Å². The smallest absolute Gasteiger partial charge is 0.179 e. The molecule has 6 nitrogen and oxygen atoms in total. The number of halogens is 1. The van der Waals surface area contributed by atoms with Crippen molar-refractivity contribution in [2.45, 2.75) is 30.2 Å². The molecular weight excluding hydrogens is 404 g/mol. The molecule has 0 atom stereocenters. The second-order valence-corrected chi connectivity index (χ2v) is 9.16. The van der Waals surface area contributed by atoms with Gasteiger partial charge >= 0.3 is 0 Å². The molecule has 1 fully saturated rings. The minimum Gasteiger partial charge on any atom is -0.379 e. The van der Waals surface area contributed by atoms with Gasteiger partial charge in [-0.3, -0.25) is 0 Å². The monoisotopic (exact) mass is 420 g/mol. The lowest BCUT2D eigenvalue weighted by Crippen LogP contribution is -2.03. The number of sulfone groups is 1. The molecule has 3 aromatic rings. The van der Waals surface area contributed by atoms with Gasteiger partial charge in [0.15, 0.2) is 15.5 Å². The number of nitrogens with one attached hydrogen (secondary N) is 1. The lowest BCUT2D eigenvalue weighted by Gasteiger charge is -2.05. The van der Waals surface area contributed by atoms with Crippen LogP contribution in [0.1, 0.15) is 30.0 Å². The van der Waals surface area contributed by atoms with Crippen LogP contribution in [0.15, 0.2) is 46.3 Å². The number of fused-ring (bicyclic) bond motifs is 1. The standard InChI is InChI=1S/C17H17BrN4O2S/c1-25(23,24)15-6-12(11-2-3-11)9-22-10-14(21-17(15)22)8-20-13-4-5-19-16(18)7-13/h4-7,9-11H,2-3,8H2,1H3,(H,19,20). The summed E-state index contributed by atoms with van der Waals surface area (Å²) in [6.45, 7) is 0.500. The lowest BCUT2D eigenvalue weighted by atomic mass is 10.2. The van der Waals surface area contributed by atoms with Gasteiger partial charge in [0.2, 0.25) is 0 Å². The van der Waals surface area contributed by atoms with Gasteiger partial charge in [0.05, 0.1) is 12.2 Å². The maximum atomic E-state index is 12.2. The molecular formula is C17H17BrN4O2S. The molecule has 3 aromatic heterocycles. The number of nitrogens with zero attached hydrogens (tertiary/aromatic N) is 3. The third kappa shape index (κ3) is 3.55. The first-order valence-electron chi connectivity index (χ1n) is 7.97. The molecule has 0 radical (unpaired) electrons. The van der Waals surface area contributed by atoms with Gasteiger partial charge in [0.25, 0.3) is 0 Å². The summed E-state index contributed by atoms with van der Waals surface area (Å²) in [5, 5.41) is 3.28. The zero-order chi connectivity index (χ0) is 17.6. The molecule has 0 spiro atoms. The van der Waals surface area contributed by atoms with Crippen molar-refractivity contribution >= 4 is 37.1 Å². The fourth-order valence-electron chi connectivity index (χ4n) is 2.84. The Morgan fingerprint density at radius 1 is 1.32 bits per heavy atom. The van der Waals surface area contributed by atoms with Crippen molar-refractivity contribution in [1.82, 2.24) is 14.4 Å². The number of imidazole rings is 1. The molecule has 1 N–H and O–H groups in total. The van der Waals surface area contributed by atoms with E-state index < -0.39 is 9.84 Å².